The highest BCUT2D eigenvalue weighted by Crippen LogP contribution is 2.32. The summed E-state index contributed by atoms with van der Waals surface area (Å²) in [6, 6.07) is 5.86. The van der Waals surface area contributed by atoms with Crippen LogP contribution in [0.5, 0.6) is 5.75 Å². The van der Waals surface area contributed by atoms with Crippen molar-refractivity contribution in [2.75, 3.05) is 0 Å². The molecule has 1 aromatic rings. The first-order valence-corrected chi connectivity index (χ1v) is 5.78. The number of unbranched alkanes of at least 4 members (excludes halogenated alkanes) is 1. The zero-order chi connectivity index (χ0) is 11.5. The molecule has 1 aromatic carbocycles. The van der Waals surface area contributed by atoms with Crippen LogP contribution in [0.2, 0.25) is 0 Å². The van der Waals surface area contributed by atoms with Gasteiger partial charge in [0.25, 0.3) is 0 Å². The van der Waals surface area contributed by atoms with Crippen LogP contribution in [0.4, 0.5) is 0 Å². The van der Waals surface area contributed by atoms with Gasteiger partial charge in [-0.3, -0.25) is 0 Å². The minimum atomic E-state index is 0. The number of phenols is 1. The number of benzene rings is 1. The lowest BCUT2D eigenvalue weighted by molar-refractivity contribution is 0.460. The Morgan fingerprint density at radius 1 is 1.19 bits per heavy atom. The molecule has 0 fully saturated rings. The van der Waals surface area contributed by atoms with Gasteiger partial charge < -0.3 is 5.11 Å². The number of phenolic OH excluding ortho intramolecular Hbond substituents is 1. The molecule has 16 heavy (non-hydrogen) atoms. The lowest BCUT2D eigenvalue weighted by Gasteiger charge is -2.23. The normalized spacial score (nSPS) is 11.0. The van der Waals surface area contributed by atoms with Gasteiger partial charge in [0.15, 0.2) is 0 Å². The van der Waals surface area contributed by atoms with Crippen LogP contribution < -0.4 is 0 Å². The molecule has 0 aliphatic rings. The minimum absolute atomic E-state index is 0. The summed E-state index contributed by atoms with van der Waals surface area (Å²) in [7, 11) is 0. The Labute approximate surface area is 101 Å². The zero-order valence-electron chi connectivity index (χ0n) is 10.3. The second-order valence-electron chi connectivity index (χ2n) is 5.16. The molecule has 0 heterocycles. The second-order valence-corrected chi connectivity index (χ2v) is 5.16. The van der Waals surface area contributed by atoms with E-state index in [0.717, 1.165) is 24.8 Å². The first-order valence-electron chi connectivity index (χ1n) is 5.78. The van der Waals surface area contributed by atoms with Crippen LogP contribution in [0.3, 0.4) is 0 Å². The van der Waals surface area contributed by atoms with E-state index in [1.54, 1.807) is 6.07 Å². The SMILES string of the molecule is C.CCCCc1c(O)cccc1C(C)(C)C. The highest BCUT2D eigenvalue weighted by Gasteiger charge is 2.19. The van der Waals surface area contributed by atoms with Gasteiger partial charge in [0.1, 0.15) is 5.75 Å². The van der Waals surface area contributed by atoms with Crippen molar-refractivity contribution in [3.8, 4) is 5.75 Å². The Morgan fingerprint density at radius 2 is 1.81 bits per heavy atom. The number of hydrogen-bond donors (Lipinski definition) is 1. The van der Waals surface area contributed by atoms with Crippen molar-refractivity contribution in [2.45, 2.75) is 59.8 Å². The molecule has 1 heteroatoms. The van der Waals surface area contributed by atoms with Gasteiger partial charge >= 0.3 is 0 Å². The molecule has 0 spiro atoms. The summed E-state index contributed by atoms with van der Waals surface area (Å²) in [5, 5.41) is 9.88. The summed E-state index contributed by atoms with van der Waals surface area (Å²) in [4.78, 5) is 0. The average molecular weight is 222 g/mol. The van der Waals surface area contributed by atoms with Gasteiger partial charge in [-0.15, -0.1) is 0 Å². The summed E-state index contributed by atoms with van der Waals surface area (Å²) < 4.78 is 0. The Hall–Kier alpha value is -0.980. The topological polar surface area (TPSA) is 20.2 Å². The van der Waals surface area contributed by atoms with Gasteiger partial charge in [-0.1, -0.05) is 53.7 Å². The van der Waals surface area contributed by atoms with E-state index in [1.807, 2.05) is 6.07 Å². The van der Waals surface area contributed by atoms with Gasteiger partial charge in [-0.05, 0) is 35.4 Å². The van der Waals surface area contributed by atoms with E-state index >= 15 is 0 Å². The third-order valence-corrected chi connectivity index (χ3v) is 2.74. The van der Waals surface area contributed by atoms with Gasteiger partial charge in [0.2, 0.25) is 0 Å². The van der Waals surface area contributed by atoms with E-state index in [0.29, 0.717) is 5.75 Å². The Balaban J connectivity index is 0.00000225. The molecular formula is C15H26O. The molecule has 0 aliphatic carbocycles. The van der Waals surface area contributed by atoms with E-state index < -0.39 is 0 Å². The van der Waals surface area contributed by atoms with Gasteiger partial charge in [-0.2, -0.15) is 0 Å². The molecule has 0 amide bonds. The first-order chi connectivity index (χ1) is 6.96. The number of aromatic hydroxyl groups is 1. The van der Waals surface area contributed by atoms with Crippen LogP contribution in [0.15, 0.2) is 18.2 Å². The number of rotatable bonds is 3. The van der Waals surface area contributed by atoms with Crippen molar-refractivity contribution in [3.05, 3.63) is 29.3 Å². The monoisotopic (exact) mass is 222 g/mol. The molecule has 0 saturated carbocycles. The van der Waals surface area contributed by atoms with Crippen LogP contribution in [-0.4, -0.2) is 5.11 Å². The maximum atomic E-state index is 9.88. The molecule has 0 aromatic heterocycles. The van der Waals surface area contributed by atoms with Crippen LogP contribution >= 0.6 is 0 Å². The second kappa shape index (κ2) is 5.93. The van der Waals surface area contributed by atoms with E-state index in [-0.39, 0.29) is 12.8 Å². The Bertz CT molecular complexity index is 321. The fourth-order valence-corrected chi connectivity index (χ4v) is 1.89. The van der Waals surface area contributed by atoms with Crippen LogP contribution in [0.25, 0.3) is 0 Å². The predicted molar refractivity (Wildman–Crippen MR) is 72.1 cm³/mol. The lowest BCUT2D eigenvalue weighted by atomic mass is 9.82. The van der Waals surface area contributed by atoms with E-state index in [4.69, 9.17) is 0 Å². The maximum Gasteiger partial charge on any atom is 0.119 e. The fraction of sp³-hybridized carbons (Fsp3) is 0.600. The van der Waals surface area contributed by atoms with Gasteiger partial charge in [0, 0.05) is 0 Å². The molecule has 92 valence electrons. The van der Waals surface area contributed by atoms with Gasteiger partial charge in [-0.25, -0.2) is 0 Å². The summed E-state index contributed by atoms with van der Waals surface area (Å²) >= 11 is 0. The van der Waals surface area contributed by atoms with Crippen LogP contribution in [0.1, 0.15) is 59.1 Å². The molecule has 0 saturated heterocycles. The maximum absolute atomic E-state index is 9.88. The molecule has 0 atom stereocenters. The van der Waals surface area contributed by atoms with Crippen molar-refractivity contribution in [2.24, 2.45) is 0 Å². The van der Waals surface area contributed by atoms with Crippen molar-refractivity contribution < 1.29 is 5.11 Å². The lowest BCUT2D eigenvalue weighted by Crippen LogP contribution is -2.14. The molecule has 0 unspecified atom stereocenters. The third kappa shape index (κ3) is 3.55. The summed E-state index contributed by atoms with van der Waals surface area (Å²) in [6.45, 7) is 8.75. The predicted octanol–water partition coefficient (Wildman–Crippen LogP) is 4.67. The average Bonchev–Trinajstić information content (AvgIpc) is 2.14. The molecule has 1 nitrogen and oxygen atoms in total. The van der Waals surface area contributed by atoms with Crippen LogP contribution in [-0.2, 0) is 11.8 Å². The van der Waals surface area contributed by atoms with Crippen molar-refractivity contribution in [1.82, 2.24) is 0 Å². The molecule has 1 rings (SSSR count). The van der Waals surface area contributed by atoms with Crippen molar-refractivity contribution >= 4 is 0 Å². The smallest absolute Gasteiger partial charge is 0.119 e. The summed E-state index contributed by atoms with van der Waals surface area (Å²) in [5.74, 6) is 0.455. The molecule has 0 aliphatic heterocycles. The molecule has 1 N–H and O–H groups in total. The van der Waals surface area contributed by atoms with Crippen LogP contribution in [0, 0.1) is 0 Å². The highest BCUT2D eigenvalue weighted by molar-refractivity contribution is 5.42. The molecular weight excluding hydrogens is 196 g/mol. The van der Waals surface area contributed by atoms with E-state index in [2.05, 4.69) is 33.8 Å². The van der Waals surface area contributed by atoms with E-state index in [9.17, 15) is 5.11 Å². The standard InChI is InChI=1S/C14H22O.CH4/c1-5-6-8-11-12(14(2,3)4)9-7-10-13(11)15;/h7,9-10,15H,5-6,8H2,1-4H3;1H4. The Morgan fingerprint density at radius 3 is 2.31 bits per heavy atom. The summed E-state index contributed by atoms with van der Waals surface area (Å²) in [5.41, 5.74) is 2.52. The summed E-state index contributed by atoms with van der Waals surface area (Å²) in [6.07, 6.45) is 3.29. The van der Waals surface area contributed by atoms with Crippen molar-refractivity contribution in [1.29, 1.82) is 0 Å². The largest absolute Gasteiger partial charge is 0.508 e. The molecule has 0 radical (unpaired) electrons. The fourth-order valence-electron chi connectivity index (χ4n) is 1.89. The number of hydrogen-bond acceptors (Lipinski definition) is 1. The zero-order valence-corrected chi connectivity index (χ0v) is 10.3. The quantitative estimate of drug-likeness (QED) is 0.788. The third-order valence-electron chi connectivity index (χ3n) is 2.74. The van der Waals surface area contributed by atoms with Gasteiger partial charge in [0.05, 0.1) is 0 Å². The first kappa shape index (κ1) is 15.0. The minimum Gasteiger partial charge on any atom is -0.508 e. The highest BCUT2D eigenvalue weighted by atomic mass is 16.3. The Kier molecular flexibility index (Phi) is 5.57. The molecule has 0 bridgehead atoms. The van der Waals surface area contributed by atoms with Crippen molar-refractivity contribution in [3.63, 3.8) is 0 Å². The van der Waals surface area contributed by atoms with E-state index in [1.165, 1.54) is 5.56 Å².